The molecular formula is C18H25N3. The van der Waals surface area contributed by atoms with E-state index in [0.29, 0.717) is 5.41 Å². The Hall–Kier alpha value is -1.61. The summed E-state index contributed by atoms with van der Waals surface area (Å²) in [7, 11) is 0. The third-order valence-electron chi connectivity index (χ3n) is 4.32. The predicted octanol–water partition coefficient (Wildman–Crippen LogP) is 3.58. The van der Waals surface area contributed by atoms with Crippen molar-refractivity contribution in [3.8, 4) is 0 Å². The maximum absolute atomic E-state index is 4.79. The molecule has 1 aromatic carbocycles. The van der Waals surface area contributed by atoms with Gasteiger partial charge in [0.1, 0.15) is 0 Å². The highest BCUT2D eigenvalue weighted by Crippen LogP contribution is 2.35. The molecule has 1 saturated heterocycles. The fourth-order valence-electron chi connectivity index (χ4n) is 3.13. The van der Waals surface area contributed by atoms with E-state index < -0.39 is 0 Å². The van der Waals surface area contributed by atoms with Crippen molar-refractivity contribution >= 4 is 16.6 Å². The Kier molecular flexibility index (Phi) is 3.85. The molecule has 1 aliphatic rings. The number of aromatic nitrogens is 1. The zero-order valence-corrected chi connectivity index (χ0v) is 13.3. The quantitative estimate of drug-likeness (QED) is 0.929. The van der Waals surface area contributed by atoms with E-state index in [1.165, 1.54) is 17.5 Å². The molecule has 1 aromatic heterocycles. The summed E-state index contributed by atoms with van der Waals surface area (Å²) in [6.07, 6.45) is 1.26. The highest BCUT2D eigenvalue weighted by Gasteiger charge is 2.30. The Balaban J connectivity index is 2.02. The lowest BCUT2D eigenvalue weighted by Crippen LogP contribution is -2.23. The molecule has 0 spiro atoms. The summed E-state index contributed by atoms with van der Waals surface area (Å²) in [5, 5.41) is 4.66. The second-order valence-electron chi connectivity index (χ2n) is 6.77. The van der Waals surface area contributed by atoms with Crippen LogP contribution in [0.15, 0.2) is 30.3 Å². The Morgan fingerprint density at radius 1 is 1.29 bits per heavy atom. The fraction of sp³-hybridized carbons (Fsp3) is 0.500. The number of benzene rings is 1. The molecule has 0 radical (unpaired) electrons. The van der Waals surface area contributed by atoms with Crippen LogP contribution >= 0.6 is 0 Å². The van der Waals surface area contributed by atoms with Crippen LogP contribution in [0.5, 0.6) is 0 Å². The van der Waals surface area contributed by atoms with Gasteiger partial charge in [0.25, 0.3) is 0 Å². The van der Waals surface area contributed by atoms with Gasteiger partial charge in [-0.2, -0.15) is 0 Å². The molecule has 2 aromatic rings. The summed E-state index contributed by atoms with van der Waals surface area (Å²) in [5.74, 6) is 0. The third-order valence-corrected chi connectivity index (χ3v) is 4.32. The van der Waals surface area contributed by atoms with Gasteiger partial charge in [-0.25, -0.2) is 0 Å². The van der Waals surface area contributed by atoms with Gasteiger partial charge >= 0.3 is 0 Å². The normalized spacial score (nSPS) is 17.6. The summed E-state index contributed by atoms with van der Waals surface area (Å²) in [6, 6.07) is 10.8. The van der Waals surface area contributed by atoms with Crippen molar-refractivity contribution in [1.82, 2.24) is 10.3 Å². The van der Waals surface area contributed by atoms with Crippen molar-refractivity contribution in [3.05, 3.63) is 36.0 Å². The highest BCUT2D eigenvalue weighted by molar-refractivity contribution is 5.92. The zero-order chi connectivity index (χ0) is 14.9. The van der Waals surface area contributed by atoms with E-state index >= 15 is 0 Å². The first kappa shape index (κ1) is 14.3. The van der Waals surface area contributed by atoms with Crippen molar-refractivity contribution in [2.24, 2.45) is 5.41 Å². The minimum atomic E-state index is 0.409. The maximum atomic E-state index is 4.79. The molecule has 0 bridgehead atoms. The Morgan fingerprint density at radius 3 is 2.81 bits per heavy atom. The molecular weight excluding hydrogens is 258 g/mol. The number of para-hydroxylation sites is 1. The average molecular weight is 283 g/mol. The number of hydrogen-bond donors (Lipinski definition) is 1. The molecule has 0 aliphatic carbocycles. The molecule has 112 valence electrons. The first-order chi connectivity index (χ1) is 10.1. The second-order valence-corrected chi connectivity index (χ2v) is 6.77. The van der Waals surface area contributed by atoms with E-state index in [1.807, 2.05) is 0 Å². The number of pyridine rings is 1. The van der Waals surface area contributed by atoms with Gasteiger partial charge in [-0.1, -0.05) is 39.0 Å². The number of nitrogens with zero attached hydrogens (tertiary/aromatic N) is 2. The van der Waals surface area contributed by atoms with Crippen molar-refractivity contribution in [2.45, 2.75) is 33.7 Å². The van der Waals surface area contributed by atoms with Gasteiger partial charge in [-0.3, -0.25) is 4.98 Å². The highest BCUT2D eigenvalue weighted by atomic mass is 15.2. The van der Waals surface area contributed by atoms with Crippen LogP contribution in [0.3, 0.4) is 0 Å². The molecule has 0 atom stereocenters. The smallest absolute Gasteiger partial charge is 0.0726 e. The van der Waals surface area contributed by atoms with E-state index in [9.17, 15) is 0 Å². The van der Waals surface area contributed by atoms with Crippen LogP contribution in [-0.2, 0) is 6.54 Å². The minimum Gasteiger partial charge on any atom is -0.370 e. The Morgan fingerprint density at radius 2 is 2.10 bits per heavy atom. The van der Waals surface area contributed by atoms with Gasteiger partial charge < -0.3 is 10.2 Å². The molecule has 3 nitrogen and oxygen atoms in total. The van der Waals surface area contributed by atoms with E-state index in [0.717, 1.165) is 37.4 Å². The largest absolute Gasteiger partial charge is 0.370 e. The summed E-state index contributed by atoms with van der Waals surface area (Å²) < 4.78 is 0. The van der Waals surface area contributed by atoms with E-state index in [-0.39, 0.29) is 0 Å². The molecule has 2 heterocycles. The lowest BCUT2D eigenvalue weighted by atomic mass is 9.93. The molecule has 1 aliphatic heterocycles. The predicted molar refractivity (Wildman–Crippen MR) is 89.7 cm³/mol. The van der Waals surface area contributed by atoms with Crippen LogP contribution in [-0.4, -0.2) is 24.6 Å². The Bertz CT molecular complexity index is 633. The number of nitrogens with one attached hydrogen (secondary N) is 1. The number of anilines is 1. The van der Waals surface area contributed by atoms with Crippen LogP contribution in [0.2, 0.25) is 0 Å². The summed E-state index contributed by atoms with van der Waals surface area (Å²) in [4.78, 5) is 7.32. The Labute approximate surface area is 127 Å². The van der Waals surface area contributed by atoms with Gasteiger partial charge in [0.2, 0.25) is 0 Å². The second kappa shape index (κ2) is 5.64. The van der Waals surface area contributed by atoms with Gasteiger partial charge in [0, 0.05) is 30.7 Å². The number of rotatable bonds is 4. The first-order valence-corrected chi connectivity index (χ1v) is 7.93. The van der Waals surface area contributed by atoms with E-state index in [4.69, 9.17) is 4.98 Å². The molecule has 1 fully saturated rings. The van der Waals surface area contributed by atoms with Crippen molar-refractivity contribution in [2.75, 3.05) is 24.5 Å². The van der Waals surface area contributed by atoms with E-state index in [2.05, 4.69) is 61.3 Å². The fourth-order valence-corrected chi connectivity index (χ4v) is 3.13. The standard InChI is InChI=1S/C18H25N3/c1-4-19-12-14-11-17(21-10-9-18(2,3)13-21)15-7-5-6-8-16(15)20-14/h5-8,11,19H,4,9-10,12-13H2,1-3H3. The lowest BCUT2D eigenvalue weighted by Gasteiger charge is -2.23. The maximum Gasteiger partial charge on any atom is 0.0726 e. The van der Waals surface area contributed by atoms with Crippen molar-refractivity contribution in [3.63, 3.8) is 0 Å². The van der Waals surface area contributed by atoms with Crippen LogP contribution in [0.4, 0.5) is 5.69 Å². The topological polar surface area (TPSA) is 28.2 Å². The zero-order valence-electron chi connectivity index (χ0n) is 13.3. The van der Waals surface area contributed by atoms with Gasteiger partial charge in [-0.05, 0) is 30.5 Å². The molecule has 1 N–H and O–H groups in total. The molecule has 21 heavy (non-hydrogen) atoms. The molecule has 0 amide bonds. The van der Waals surface area contributed by atoms with Gasteiger partial charge in [-0.15, -0.1) is 0 Å². The van der Waals surface area contributed by atoms with Gasteiger partial charge in [0.05, 0.1) is 11.2 Å². The average Bonchev–Trinajstić information content (AvgIpc) is 2.84. The third kappa shape index (κ3) is 3.03. The molecule has 3 heteroatoms. The molecule has 0 saturated carbocycles. The van der Waals surface area contributed by atoms with Crippen LogP contribution in [0.1, 0.15) is 32.9 Å². The SMILES string of the molecule is CCNCc1cc(N2CCC(C)(C)C2)c2ccccc2n1. The van der Waals surface area contributed by atoms with Crippen LogP contribution in [0.25, 0.3) is 10.9 Å². The van der Waals surface area contributed by atoms with Crippen molar-refractivity contribution in [1.29, 1.82) is 0 Å². The number of hydrogen-bond acceptors (Lipinski definition) is 3. The van der Waals surface area contributed by atoms with Crippen LogP contribution < -0.4 is 10.2 Å². The summed E-state index contributed by atoms with van der Waals surface area (Å²) >= 11 is 0. The van der Waals surface area contributed by atoms with Crippen molar-refractivity contribution < 1.29 is 0 Å². The monoisotopic (exact) mass is 283 g/mol. The summed E-state index contributed by atoms with van der Waals surface area (Å²) in [6.45, 7) is 10.9. The summed E-state index contributed by atoms with van der Waals surface area (Å²) in [5.41, 5.74) is 3.99. The van der Waals surface area contributed by atoms with Gasteiger partial charge in [0.15, 0.2) is 0 Å². The van der Waals surface area contributed by atoms with Crippen LogP contribution in [0, 0.1) is 5.41 Å². The minimum absolute atomic E-state index is 0.409. The molecule has 0 unspecified atom stereocenters. The lowest BCUT2D eigenvalue weighted by molar-refractivity contribution is 0.418. The molecule has 3 rings (SSSR count). The first-order valence-electron chi connectivity index (χ1n) is 7.93. The van der Waals surface area contributed by atoms with E-state index in [1.54, 1.807) is 0 Å². The number of fused-ring (bicyclic) bond motifs is 1.